The number of carbonyl (C=O) groups excluding carboxylic acids is 2. The standard InChI is InChI=1S/C21H27FN4O5S/c1-12(2)19(23)21(29)31-11-26-17(28)10-25(32(26)30)20-16(27)6-5-15(18(20)22)13-8-14-4-3-7-24(14)9-13/h5-6,8,12,14,19,27H,3-4,7,9-11,23H2,1-2H3. The first kappa shape index (κ1) is 22.7. The lowest BCUT2D eigenvalue weighted by Crippen LogP contribution is -2.40. The Morgan fingerprint density at radius 3 is 2.81 bits per heavy atom. The second-order valence-corrected chi connectivity index (χ2v) is 9.91. The van der Waals surface area contributed by atoms with Gasteiger partial charge in [-0.15, -0.1) is 0 Å². The van der Waals surface area contributed by atoms with Gasteiger partial charge in [-0.25, -0.2) is 12.9 Å². The monoisotopic (exact) mass is 466 g/mol. The molecule has 9 nitrogen and oxygen atoms in total. The molecule has 3 unspecified atom stereocenters. The summed E-state index contributed by atoms with van der Waals surface area (Å²) in [6.45, 7) is 4.04. The molecule has 1 amide bonds. The van der Waals surface area contributed by atoms with E-state index in [0.29, 0.717) is 12.1 Å². The smallest absolute Gasteiger partial charge is 0.324 e. The Kier molecular flexibility index (Phi) is 6.24. The molecule has 3 atom stereocenters. The number of hydrogen-bond acceptors (Lipinski definition) is 7. The Balaban J connectivity index is 1.54. The number of nitrogens with two attached hydrogens (primary N) is 1. The average Bonchev–Trinajstić information content (AvgIpc) is 3.40. The van der Waals surface area contributed by atoms with Crippen LogP contribution in [-0.2, 0) is 25.5 Å². The van der Waals surface area contributed by atoms with Crippen molar-refractivity contribution in [3.63, 3.8) is 0 Å². The van der Waals surface area contributed by atoms with Gasteiger partial charge in [-0.05, 0) is 43.0 Å². The van der Waals surface area contributed by atoms with Crippen LogP contribution >= 0.6 is 0 Å². The van der Waals surface area contributed by atoms with Crippen molar-refractivity contribution >= 4 is 34.3 Å². The summed E-state index contributed by atoms with van der Waals surface area (Å²) in [6.07, 6.45) is 4.16. The number of amides is 1. The zero-order chi connectivity index (χ0) is 23.2. The molecule has 3 aliphatic rings. The maximum atomic E-state index is 15.5. The van der Waals surface area contributed by atoms with Crippen molar-refractivity contribution in [1.82, 2.24) is 9.21 Å². The highest BCUT2D eigenvalue weighted by atomic mass is 32.2. The molecule has 2 fully saturated rings. The largest absolute Gasteiger partial charge is 0.506 e. The zero-order valence-corrected chi connectivity index (χ0v) is 18.8. The van der Waals surface area contributed by atoms with Crippen LogP contribution in [0.1, 0.15) is 32.3 Å². The van der Waals surface area contributed by atoms with Crippen LogP contribution < -0.4 is 10.0 Å². The van der Waals surface area contributed by atoms with E-state index in [-0.39, 0.29) is 17.6 Å². The zero-order valence-electron chi connectivity index (χ0n) is 18.0. The molecule has 0 aromatic heterocycles. The highest BCUT2D eigenvalue weighted by Crippen LogP contribution is 2.40. The van der Waals surface area contributed by atoms with E-state index in [2.05, 4.69) is 4.90 Å². The molecule has 0 saturated carbocycles. The fraction of sp³-hybridized carbons (Fsp3) is 0.524. The fourth-order valence-corrected chi connectivity index (χ4v) is 5.35. The lowest BCUT2D eigenvalue weighted by molar-refractivity contribution is -0.150. The molecule has 0 radical (unpaired) electrons. The summed E-state index contributed by atoms with van der Waals surface area (Å²) < 4.78 is 35.3. The van der Waals surface area contributed by atoms with Crippen LogP contribution in [0.4, 0.5) is 10.1 Å². The van der Waals surface area contributed by atoms with E-state index in [0.717, 1.165) is 33.6 Å². The van der Waals surface area contributed by atoms with E-state index in [1.807, 2.05) is 6.08 Å². The quantitative estimate of drug-likeness (QED) is 0.603. The number of phenols is 1. The molecule has 2 saturated heterocycles. The summed E-state index contributed by atoms with van der Waals surface area (Å²) in [7, 11) is 0. The Morgan fingerprint density at radius 2 is 2.12 bits per heavy atom. The number of phenolic OH excluding ortho intramolecular Hbond substituents is 1. The maximum Gasteiger partial charge on any atom is 0.324 e. The number of nitrogens with zero attached hydrogens (tertiary/aromatic N) is 3. The van der Waals surface area contributed by atoms with E-state index >= 15 is 4.39 Å². The van der Waals surface area contributed by atoms with Crippen molar-refractivity contribution in [1.29, 1.82) is 0 Å². The normalized spacial score (nSPS) is 24.3. The van der Waals surface area contributed by atoms with Gasteiger partial charge < -0.3 is 15.6 Å². The van der Waals surface area contributed by atoms with Crippen LogP contribution in [0.15, 0.2) is 18.2 Å². The van der Waals surface area contributed by atoms with Gasteiger partial charge in [0.2, 0.25) is 11.2 Å². The van der Waals surface area contributed by atoms with Gasteiger partial charge in [0.05, 0.1) is 0 Å². The molecule has 11 heteroatoms. The van der Waals surface area contributed by atoms with Gasteiger partial charge in [-0.2, -0.15) is 0 Å². The molecule has 32 heavy (non-hydrogen) atoms. The third-order valence-electron chi connectivity index (χ3n) is 6.12. The summed E-state index contributed by atoms with van der Waals surface area (Å²) in [5, 5.41) is 10.3. The fourth-order valence-electron chi connectivity index (χ4n) is 4.18. The van der Waals surface area contributed by atoms with Gasteiger partial charge in [-0.3, -0.25) is 18.8 Å². The average molecular weight is 467 g/mol. The predicted molar refractivity (Wildman–Crippen MR) is 117 cm³/mol. The minimum Gasteiger partial charge on any atom is -0.506 e. The molecule has 0 spiro atoms. The maximum absolute atomic E-state index is 15.5. The highest BCUT2D eigenvalue weighted by Gasteiger charge is 2.40. The van der Waals surface area contributed by atoms with Gasteiger partial charge in [0.15, 0.2) is 12.5 Å². The summed E-state index contributed by atoms with van der Waals surface area (Å²) >= 11 is -2.19. The minimum absolute atomic E-state index is 0.173. The highest BCUT2D eigenvalue weighted by molar-refractivity contribution is 7.85. The second-order valence-electron chi connectivity index (χ2n) is 8.57. The number of benzene rings is 1. The number of esters is 1. The van der Waals surface area contributed by atoms with Crippen LogP contribution in [0.25, 0.3) is 5.57 Å². The first-order chi connectivity index (χ1) is 15.2. The second kappa shape index (κ2) is 8.80. The third kappa shape index (κ3) is 4.00. The van der Waals surface area contributed by atoms with Crippen LogP contribution in [0.3, 0.4) is 0 Å². The number of halogens is 1. The number of hydrogen-bond donors (Lipinski definition) is 2. The Hall–Kier alpha value is -2.50. The molecule has 0 aliphatic carbocycles. The van der Waals surface area contributed by atoms with E-state index in [1.165, 1.54) is 12.1 Å². The lowest BCUT2D eigenvalue weighted by atomic mass is 10.0. The van der Waals surface area contributed by atoms with Gasteiger partial charge in [0, 0.05) is 18.2 Å². The molecule has 1 aromatic rings. The summed E-state index contributed by atoms with van der Waals surface area (Å²) in [4.78, 5) is 26.7. The molecular formula is C21H27FN4O5S. The van der Waals surface area contributed by atoms with Crippen molar-refractivity contribution in [2.75, 3.05) is 30.7 Å². The predicted octanol–water partition coefficient (Wildman–Crippen LogP) is 1.10. The summed E-state index contributed by atoms with van der Waals surface area (Å²) in [5.74, 6) is -2.69. The Morgan fingerprint density at radius 1 is 1.38 bits per heavy atom. The third-order valence-corrected chi connectivity index (χ3v) is 7.49. The Bertz CT molecular complexity index is 1000. The van der Waals surface area contributed by atoms with Crippen LogP contribution in [0.2, 0.25) is 0 Å². The molecule has 4 rings (SSSR count). The van der Waals surface area contributed by atoms with E-state index in [4.69, 9.17) is 10.5 Å². The molecule has 174 valence electrons. The topological polar surface area (TPSA) is 116 Å². The molecule has 0 bridgehead atoms. The van der Waals surface area contributed by atoms with E-state index in [1.54, 1.807) is 13.8 Å². The van der Waals surface area contributed by atoms with Crippen molar-refractivity contribution in [3.05, 3.63) is 29.6 Å². The first-order valence-electron chi connectivity index (χ1n) is 10.6. The first-order valence-corrected chi connectivity index (χ1v) is 11.6. The summed E-state index contributed by atoms with van der Waals surface area (Å²) in [5.41, 5.74) is 6.53. The van der Waals surface area contributed by atoms with Gasteiger partial charge >= 0.3 is 5.97 Å². The Labute approximate surface area is 188 Å². The van der Waals surface area contributed by atoms with Crippen LogP contribution in [0.5, 0.6) is 5.75 Å². The number of rotatable bonds is 6. The minimum atomic E-state index is -2.19. The van der Waals surface area contributed by atoms with Crippen LogP contribution in [0, 0.1) is 11.7 Å². The molecule has 1 aromatic carbocycles. The number of fused-ring (bicyclic) bond motifs is 1. The number of ether oxygens (including phenoxy) is 1. The molecular weight excluding hydrogens is 439 g/mol. The summed E-state index contributed by atoms with van der Waals surface area (Å²) in [6, 6.07) is 2.23. The van der Waals surface area contributed by atoms with Crippen molar-refractivity contribution in [2.24, 2.45) is 11.7 Å². The van der Waals surface area contributed by atoms with Crippen molar-refractivity contribution < 1.29 is 28.0 Å². The number of anilines is 1. The number of carbonyl (C=O) groups is 2. The van der Waals surface area contributed by atoms with Crippen LogP contribution in [-0.4, -0.2) is 68.8 Å². The van der Waals surface area contributed by atoms with Crippen molar-refractivity contribution in [2.45, 2.75) is 38.8 Å². The van der Waals surface area contributed by atoms with Gasteiger partial charge in [0.1, 0.15) is 24.0 Å². The molecule has 3 heterocycles. The van der Waals surface area contributed by atoms with E-state index in [9.17, 15) is 18.9 Å². The van der Waals surface area contributed by atoms with E-state index < -0.39 is 53.9 Å². The SMILES string of the molecule is CC(C)C(N)C(=O)OCN1C(=O)CN(c2c(O)ccc(C3=CC4CCCN4C3)c2F)S1=O. The lowest BCUT2D eigenvalue weighted by Gasteiger charge is -2.21. The van der Waals surface area contributed by atoms with Gasteiger partial charge in [0.25, 0.3) is 5.91 Å². The number of aromatic hydroxyl groups is 1. The molecule has 3 aliphatic heterocycles. The van der Waals surface area contributed by atoms with Crippen molar-refractivity contribution in [3.8, 4) is 5.75 Å². The van der Waals surface area contributed by atoms with Gasteiger partial charge in [-0.1, -0.05) is 19.9 Å². The molecule has 3 N–H and O–H groups in total.